The van der Waals surface area contributed by atoms with E-state index in [1.807, 2.05) is 54.2 Å². The van der Waals surface area contributed by atoms with Crippen molar-refractivity contribution < 1.29 is 8.42 Å². The van der Waals surface area contributed by atoms with Gasteiger partial charge in [0.25, 0.3) is 10.0 Å². The summed E-state index contributed by atoms with van der Waals surface area (Å²) in [5.41, 5.74) is 5.75. The summed E-state index contributed by atoms with van der Waals surface area (Å²) >= 11 is 1.54. The quantitative estimate of drug-likeness (QED) is 0.382. The molecule has 1 unspecified atom stereocenters. The number of allylic oxidation sites excluding steroid dienone is 1. The second-order valence-corrected chi connectivity index (χ2v) is 11.8. The van der Waals surface area contributed by atoms with Crippen molar-refractivity contribution in [2.75, 3.05) is 5.32 Å². The van der Waals surface area contributed by atoms with Gasteiger partial charge in [-0.25, -0.2) is 4.98 Å². The zero-order chi connectivity index (χ0) is 24.0. The molecule has 1 saturated carbocycles. The van der Waals surface area contributed by atoms with Gasteiger partial charge in [-0.15, -0.1) is 16.4 Å². The number of aryl methyl sites for hydroxylation is 1. The van der Waals surface area contributed by atoms with Crippen molar-refractivity contribution in [2.24, 2.45) is 0 Å². The van der Waals surface area contributed by atoms with Gasteiger partial charge in [0.05, 0.1) is 27.2 Å². The monoisotopic (exact) mass is 502 g/mol. The average Bonchev–Trinajstić information content (AvgIpc) is 3.51. The third-order valence-corrected chi connectivity index (χ3v) is 9.35. The highest BCUT2D eigenvalue weighted by Gasteiger charge is 2.41. The molecule has 0 saturated heterocycles. The van der Waals surface area contributed by atoms with E-state index in [9.17, 15) is 8.42 Å². The summed E-state index contributed by atoms with van der Waals surface area (Å²) in [5, 5.41) is 10.2. The Hall–Kier alpha value is -3.23. The highest BCUT2D eigenvalue weighted by Crippen LogP contribution is 2.44. The Morgan fingerprint density at radius 1 is 1.09 bits per heavy atom. The zero-order valence-electron chi connectivity index (χ0n) is 19.4. The van der Waals surface area contributed by atoms with Crippen molar-refractivity contribution in [3.63, 3.8) is 0 Å². The van der Waals surface area contributed by atoms with Crippen LogP contribution in [0.1, 0.15) is 47.3 Å². The molecular weight excluding hydrogens is 476 g/mol. The molecule has 2 aliphatic carbocycles. The molecule has 0 bridgehead atoms. The van der Waals surface area contributed by atoms with E-state index in [1.54, 1.807) is 23.5 Å². The first-order chi connectivity index (χ1) is 17.0. The van der Waals surface area contributed by atoms with Crippen LogP contribution in [0.5, 0.6) is 0 Å². The molecule has 0 aliphatic heterocycles. The van der Waals surface area contributed by atoms with E-state index in [4.69, 9.17) is 0 Å². The maximum atomic E-state index is 13.9. The predicted molar refractivity (Wildman–Crippen MR) is 139 cm³/mol. The lowest BCUT2D eigenvalue weighted by atomic mass is 9.71. The van der Waals surface area contributed by atoms with Gasteiger partial charge in [-0.2, -0.15) is 12.5 Å². The Kier molecular flexibility index (Phi) is 5.38. The van der Waals surface area contributed by atoms with Gasteiger partial charge >= 0.3 is 0 Å². The standard InChI is InChI=1S/C27H26N4O2S2/c1-19-10-12-22(13-11-19)35(32,33)31-24-16-27(25-17-34-18-28-25,20-6-3-2-4-7-20)15-14-23(24)26(30-31)29-21-8-5-9-21/h2-4,6-7,10-15,17-18,21H,5,8-9,16H2,1H3,(H,29,30). The van der Waals surface area contributed by atoms with E-state index in [2.05, 4.69) is 33.6 Å². The number of benzene rings is 2. The first-order valence-electron chi connectivity index (χ1n) is 11.8. The molecule has 2 aromatic carbocycles. The summed E-state index contributed by atoms with van der Waals surface area (Å²) < 4.78 is 29.0. The lowest BCUT2D eigenvalue weighted by Gasteiger charge is -2.33. The second-order valence-electron chi connectivity index (χ2n) is 9.36. The van der Waals surface area contributed by atoms with Gasteiger partial charge in [0.2, 0.25) is 0 Å². The Balaban J connectivity index is 1.54. The number of nitrogens with zero attached hydrogens (tertiary/aromatic N) is 3. The molecule has 4 aromatic rings. The summed E-state index contributed by atoms with van der Waals surface area (Å²) in [5.74, 6) is 0.636. The molecule has 2 heterocycles. The van der Waals surface area contributed by atoms with E-state index in [0.717, 1.165) is 35.2 Å². The fraction of sp³-hybridized carbons (Fsp3) is 0.259. The van der Waals surface area contributed by atoms with Crippen LogP contribution in [0.15, 0.2) is 76.5 Å². The van der Waals surface area contributed by atoms with Crippen LogP contribution in [0.4, 0.5) is 5.82 Å². The summed E-state index contributed by atoms with van der Waals surface area (Å²) in [6.45, 7) is 1.94. The highest BCUT2D eigenvalue weighted by molar-refractivity contribution is 7.89. The molecular formula is C27H26N4O2S2. The largest absolute Gasteiger partial charge is 0.365 e. The predicted octanol–water partition coefficient (Wildman–Crippen LogP) is 5.41. The molecule has 1 N–H and O–H groups in total. The van der Waals surface area contributed by atoms with Crippen molar-refractivity contribution >= 4 is 33.3 Å². The molecule has 1 atom stereocenters. The minimum atomic E-state index is -3.89. The van der Waals surface area contributed by atoms with Crippen LogP contribution >= 0.6 is 11.3 Å². The van der Waals surface area contributed by atoms with E-state index in [1.165, 1.54) is 10.5 Å². The Labute approximate surface area is 209 Å². The van der Waals surface area contributed by atoms with Gasteiger partial charge in [-0.1, -0.05) is 60.2 Å². The molecule has 35 heavy (non-hydrogen) atoms. The number of hydrogen-bond donors (Lipinski definition) is 1. The van der Waals surface area contributed by atoms with Gasteiger partial charge in [0.1, 0.15) is 0 Å². The van der Waals surface area contributed by atoms with E-state index in [-0.39, 0.29) is 4.90 Å². The van der Waals surface area contributed by atoms with Gasteiger partial charge in [-0.3, -0.25) is 0 Å². The summed E-state index contributed by atoms with van der Waals surface area (Å²) in [7, 11) is -3.89. The minimum Gasteiger partial charge on any atom is -0.365 e. The number of aromatic nitrogens is 3. The number of anilines is 1. The minimum absolute atomic E-state index is 0.233. The third-order valence-electron chi connectivity index (χ3n) is 7.14. The van der Waals surface area contributed by atoms with Crippen LogP contribution in [0.3, 0.4) is 0 Å². The fourth-order valence-corrected chi connectivity index (χ4v) is 6.84. The summed E-state index contributed by atoms with van der Waals surface area (Å²) in [6, 6.07) is 17.4. The zero-order valence-corrected chi connectivity index (χ0v) is 21.0. The van der Waals surface area contributed by atoms with Crippen LogP contribution in [-0.4, -0.2) is 28.6 Å². The van der Waals surface area contributed by atoms with Crippen LogP contribution in [-0.2, 0) is 21.9 Å². The van der Waals surface area contributed by atoms with E-state index in [0.29, 0.717) is 24.0 Å². The fourth-order valence-electron chi connectivity index (χ4n) is 4.88. The number of thiazole rings is 1. The molecule has 6 rings (SSSR count). The van der Waals surface area contributed by atoms with Crippen molar-refractivity contribution in [1.82, 2.24) is 14.2 Å². The van der Waals surface area contributed by atoms with Crippen LogP contribution in [0.2, 0.25) is 0 Å². The van der Waals surface area contributed by atoms with Crippen molar-refractivity contribution in [1.29, 1.82) is 0 Å². The molecule has 0 spiro atoms. The SMILES string of the molecule is Cc1ccc(S(=O)(=O)n2nc(NC3CCC3)c3c2CC(c2ccccc2)(c2cscn2)C=C3)cc1. The summed E-state index contributed by atoms with van der Waals surface area (Å²) in [4.78, 5) is 4.90. The van der Waals surface area contributed by atoms with Gasteiger partial charge in [0.15, 0.2) is 5.82 Å². The average molecular weight is 503 g/mol. The van der Waals surface area contributed by atoms with Crippen molar-refractivity contribution in [3.05, 3.63) is 99.6 Å². The van der Waals surface area contributed by atoms with Crippen molar-refractivity contribution in [3.8, 4) is 0 Å². The normalized spacial score (nSPS) is 19.8. The molecule has 0 amide bonds. The number of hydrogen-bond acceptors (Lipinski definition) is 6. The number of rotatable bonds is 6. The second kappa shape index (κ2) is 8.46. The Morgan fingerprint density at radius 2 is 1.86 bits per heavy atom. The van der Waals surface area contributed by atoms with E-state index >= 15 is 0 Å². The lowest BCUT2D eigenvalue weighted by molar-refractivity contribution is 0.444. The molecule has 1 fully saturated rings. The first kappa shape index (κ1) is 22.2. The molecule has 8 heteroatoms. The first-order valence-corrected chi connectivity index (χ1v) is 14.2. The molecule has 2 aromatic heterocycles. The number of nitrogens with one attached hydrogen (secondary N) is 1. The molecule has 6 nitrogen and oxygen atoms in total. The number of fused-ring (bicyclic) bond motifs is 1. The molecule has 0 radical (unpaired) electrons. The van der Waals surface area contributed by atoms with Gasteiger partial charge in [-0.05, 0) is 43.9 Å². The third kappa shape index (κ3) is 3.72. The van der Waals surface area contributed by atoms with E-state index < -0.39 is 15.4 Å². The molecule has 2 aliphatic rings. The highest BCUT2D eigenvalue weighted by atomic mass is 32.2. The van der Waals surface area contributed by atoms with Crippen LogP contribution < -0.4 is 5.32 Å². The molecule has 178 valence electrons. The maximum absolute atomic E-state index is 13.9. The Bertz CT molecular complexity index is 1490. The smallest absolute Gasteiger partial charge is 0.283 e. The van der Waals surface area contributed by atoms with Crippen LogP contribution in [0.25, 0.3) is 6.08 Å². The Morgan fingerprint density at radius 3 is 2.51 bits per heavy atom. The summed E-state index contributed by atoms with van der Waals surface area (Å²) in [6.07, 6.45) is 7.96. The maximum Gasteiger partial charge on any atom is 0.283 e. The van der Waals surface area contributed by atoms with Gasteiger partial charge in [0, 0.05) is 23.4 Å². The lowest BCUT2D eigenvalue weighted by Crippen LogP contribution is -2.33. The van der Waals surface area contributed by atoms with Crippen molar-refractivity contribution in [2.45, 2.75) is 49.0 Å². The van der Waals surface area contributed by atoms with Gasteiger partial charge < -0.3 is 5.32 Å². The van der Waals surface area contributed by atoms with Crippen LogP contribution in [0, 0.1) is 6.92 Å². The topological polar surface area (TPSA) is 76.9 Å².